The van der Waals surface area contributed by atoms with Gasteiger partial charge in [-0.1, -0.05) is 0 Å². The molecule has 0 atom stereocenters. The molecule has 0 aliphatic rings. The van der Waals surface area contributed by atoms with Crippen molar-refractivity contribution in [3.05, 3.63) is 0 Å². The van der Waals surface area contributed by atoms with Gasteiger partial charge in [0.25, 0.3) is 0 Å². The predicted molar refractivity (Wildman–Crippen MR) is 72.4 cm³/mol. The fraction of sp³-hybridized carbons (Fsp3) is 0.889. The highest BCUT2D eigenvalue weighted by Crippen LogP contribution is 2.03. The van der Waals surface area contributed by atoms with E-state index in [0.29, 0.717) is 38.0 Å². The number of nitrogens with one attached hydrogen (secondary N) is 2. The Balaban J connectivity index is 3.44. The lowest BCUT2D eigenvalue weighted by molar-refractivity contribution is 0.240. The number of amides is 2. The van der Waals surface area contributed by atoms with Gasteiger partial charge in [-0.05, 0) is 38.0 Å². The largest absolute Gasteiger partial charge is 0.411 e. The zero-order chi connectivity index (χ0) is 14.2. The van der Waals surface area contributed by atoms with Crippen LogP contribution in [0.4, 0.5) is 4.79 Å². The van der Waals surface area contributed by atoms with Gasteiger partial charge in [-0.25, -0.2) is 4.79 Å². The molecule has 0 aromatic heterocycles. The van der Waals surface area contributed by atoms with Gasteiger partial charge in [-0.3, -0.25) is 0 Å². The van der Waals surface area contributed by atoms with E-state index in [1.807, 2.05) is 0 Å². The number of hydrogen-bond acceptors (Lipinski definition) is 5. The van der Waals surface area contributed by atoms with Gasteiger partial charge < -0.3 is 29.8 Å². The lowest BCUT2D eigenvalue weighted by Crippen LogP contribution is -2.38. The molecule has 0 aromatic rings. The smallest absolute Gasteiger partial charge is 0.329 e. The highest BCUT2D eigenvalue weighted by Gasteiger charge is 2.21. The van der Waals surface area contributed by atoms with Crippen molar-refractivity contribution in [2.24, 2.45) is 0 Å². The third kappa shape index (κ3) is 13.6. The van der Waals surface area contributed by atoms with Gasteiger partial charge in [0.05, 0.1) is 0 Å². The Morgan fingerprint density at radius 1 is 0.889 bits per heavy atom. The Morgan fingerprint density at radius 2 is 1.22 bits per heavy atom. The van der Waals surface area contributed by atoms with Crippen LogP contribution in [0.25, 0.3) is 0 Å². The van der Waals surface area contributed by atoms with E-state index in [0.717, 1.165) is 0 Å². The SMILES string of the molecule is C[Si](O)(O)CCCNC(=O)NCCC[Si](C)(O)O. The van der Waals surface area contributed by atoms with Crippen LogP contribution >= 0.6 is 0 Å². The Kier molecular flexibility index (Phi) is 7.67. The van der Waals surface area contributed by atoms with Crippen molar-refractivity contribution in [1.29, 1.82) is 0 Å². The lowest BCUT2D eigenvalue weighted by atomic mass is 10.4. The minimum atomic E-state index is -3.00. The normalized spacial score (nSPS) is 12.3. The molecule has 0 aliphatic carbocycles. The molecule has 0 saturated heterocycles. The number of hydrogen-bond donors (Lipinski definition) is 6. The third-order valence-corrected chi connectivity index (χ3v) is 4.83. The molecule has 0 spiro atoms. The van der Waals surface area contributed by atoms with E-state index in [1.54, 1.807) is 0 Å². The maximum absolute atomic E-state index is 11.2. The van der Waals surface area contributed by atoms with Gasteiger partial charge >= 0.3 is 23.2 Å². The van der Waals surface area contributed by atoms with Crippen molar-refractivity contribution in [2.75, 3.05) is 13.1 Å². The van der Waals surface area contributed by atoms with Gasteiger partial charge in [-0.2, -0.15) is 0 Å². The number of carbonyl (C=O) groups excluding carboxylic acids is 1. The number of rotatable bonds is 8. The zero-order valence-electron chi connectivity index (χ0n) is 10.9. The van der Waals surface area contributed by atoms with Crippen molar-refractivity contribution in [1.82, 2.24) is 10.6 Å². The lowest BCUT2D eigenvalue weighted by Gasteiger charge is -2.13. The maximum atomic E-state index is 11.2. The summed E-state index contributed by atoms with van der Waals surface area (Å²) in [4.78, 5) is 47.9. The Bertz CT molecular complexity index is 228. The van der Waals surface area contributed by atoms with E-state index in [1.165, 1.54) is 13.1 Å². The van der Waals surface area contributed by atoms with Gasteiger partial charge in [0.15, 0.2) is 0 Å². The second-order valence-corrected chi connectivity index (χ2v) is 10.7. The first-order valence-electron chi connectivity index (χ1n) is 6.01. The quantitative estimate of drug-likeness (QED) is 0.258. The molecule has 0 unspecified atom stereocenters. The van der Waals surface area contributed by atoms with Crippen molar-refractivity contribution in [3.63, 3.8) is 0 Å². The minimum absolute atomic E-state index is 0.325. The van der Waals surface area contributed by atoms with Crippen molar-refractivity contribution >= 4 is 23.2 Å². The summed E-state index contributed by atoms with van der Waals surface area (Å²) in [5.74, 6) is 0. The molecule has 18 heavy (non-hydrogen) atoms. The first kappa shape index (κ1) is 17.5. The first-order valence-corrected chi connectivity index (χ1v) is 11.2. The molecule has 108 valence electrons. The highest BCUT2D eigenvalue weighted by molar-refractivity contribution is 6.63. The minimum Gasteiger partial charge on any atom is -0.411 e. The fourth-order valence-corrected chi connectivity index (χ4v) is 3.01. The molecule has 0 rings (SSSR count). The van der Waals surface area contributed by atoms with Gasteiger partial charge in [-0.15, -0.1) is 0 Å². The van der Waals surface area contributed by atoms with Crippen LogP contribution in [0.1, 0.15) is 12.8 Å². The topological polar surface area (TPSA) is 122 Å². The van der Waals surface area contributed by atoms with Crippen LogP contribution in [0.2, 0.25) is 25.2 Å². The van der Waals surface area contributed by atoms with Crippen LogP contribution in [0.5, 0.6) is 0 Å². The van der Waals surface area contributed by atoms with Gasteiger partial charge in [0, 0.05) is 13.1 Å². The zero-order valence-corrected chi connectivity index (χ0v) is 12.9. The predicted octanol–water partition coefficient (Wildman–Crippen LogP) is -0.821. The summed E-state index contributed by atoms with van der Waals surface area (Å²) in [7, 11) is -6.01. The maximum Gasteiger partial charge on any atom is 0.329 e. The number of urea groups is 1. The molecular weight excluding hydrogens is 272 g/mol. The summed E-state index contributed by atoms with van der Waals surface area (Å²) in [5.41, 5.74) is 0. The van der Waals surface area contributed by atoms with Crippen LogP contribution in [-0.2, 0) is 0 Å². The van der Waals surface area contributed by atoms with Crippen LogP contribution in [0.15, 0.2) is 0 Å². The summed E-state index contributed by atoms with van der Waals surface area (Å²) in [6.45, 7) is 3.64. The van der Waals surface area contributed by atoms with E-state index >= 15 is 0 Å². The fourth-order valence-electron chi connectivity index (χ4n) is 1.31. The van der Waals surface area contributed by atoms with E-state index < -0.39 is 17.1 Å². The first-order chi connectivity index (χ1) is 8.10. The van der Waals surface area contributed by atoms with Crippen molar-refractivity contribution in [3.8, 4) is 0 Å². The Hall–Kier alpha value is -0.456. The molecule has 0 aliphatic heterocycles. The van der Waals surface area contributed by atoms with E-state index in [2.05, 4.69) is 10.6 Å². The molecule has 0 heterocycles. The van der Waals surface area contributed by atoms with E-state index in [9.17, 15) is 4.79 Å². The summed E-state index contributed by atoms with van der Waals surface area (Å²) in [6.07, 6.45) is 1.06. The molecule has 9 heteroatoms. The molecule has 0 radical (unpaired) electrons. The van der Waals surface area contributed by atoms with Crippen LogP contribution in [-0.4, -0.2) is 55.4 Å². The molecule has 0 bridgehead atoms. The average molecular weight is 296 g/mol. The second kappa shape index (κ2) is 7.86. The van der Waals surface area contributed by atoms with Crippen LogP contribution in [0.3, 0.4) is 0 Å². The van der Waals surface area contributed by atoms with E-state index in [4.69, 9.17) is 19.2 Å². The summed E-state index contributed by atoms with van der Waals surface area (Å²) in [6, 6.07) is 0.326. The van der Waals surface area contributed by atoms with Gasteiger partial charge in [0.2, 0.25) is 0 Å². The molecule has 6 N–H and O–H groups in total. The van der Waals surface area contributed by atoms with Crippen molar-refractivity contribution in [2.45, 2.75) is 38.0 Å². The molecular formula is C9H24N2O5Si2. The standard InChI is InChI=1S/C9H24N2O5Si2/c1-17(13,14)7-3-5-10-9(12)11-6-4-8-18(2,15)16/h13-16H,3-8H2,1-2H3,(H2,10,11,12). The van der Waals surface area contributed by atoms with Crippen LogP contribution in [0, 0.1) is 0 Å². The summed E-state index contributed by atoms with van der Waals surface area (Å²) >= 11 is 0. The average Bonchev–Trinajstić information content (AvgIpc) is 2.17. The van der Waals surface area contributed by atoms with Gasteiger partial charge in [0.1, 0.15) is 0 Å². The molecule has 0 fully saturated rings. The van der Waals surface area contributed by atoms with E-state index in [-0.39, 0.29) is 6.03 Å². The van der Waals surface area contributed by atoms with Crippen LogP contribution < -0.4 is 10.6 Å². The molecule has 0 saturated carbocycles. The Morgan fingerprint density at radius 3 is 1.50 bits per heavy atom. The third-order valence-electron chi connectivity index (χ3n) is 2.23. The summed E-state index contributed by atoms with van der Waals surface area (Å²) < 4.78 is 0. The molecule has 0 aromatic carbocycles. The van der Waals surface area contributed by atoms with Crippen molar-refractivity contribution < 1.29 is 24.0 Å². The monoisotopic (exact) mass is 296 g/mol. The second-order valence-electron chi connectivity index (χ2n) is 4.82. The number of carbonyl (C=O) groups is 1. The molecule has 7 nitrogen and oxygen atoms in total. The summed E-state index contributed by atoms with van der Waals surface area (Å²) in [5, 5.41) is 5.18. The molecule has 2 amide bonds. The highest BCUT2D eigenvalue weighted by atomic mass is 28.4. The Labute approximate surface area is 109 Å².